The predicted octanol–water partition coefficient (Wildman–Crippen LogP) is 0.997. The third kappa shape index (κ3) is 0.534. The van der Waals surface area contributed by atoms with Crippen LogP contribution in [0.3, 0.4) is 0 Å². The van der Waals surface area contributed by atoms with Crippen molar-refractivity contribution in [1.82, 2.24) is 0 Å². The van der Waals surface area contributed by atoms with Crippen LogP contribution < -0.4 is 0 Å². The first kappa shape index (κ1) is 3.72. The number of thiol groups is 1. The number of allylic oxidation sites excluding steroid dienone is 2. The normalized spacial score (nSPS) is 15.8. The molecule has 2 heteroatoms. The Kier molecular flexibility index (Phi) is 0.825. The minimum absolute atomic E-state index is 0.731. The molecule has 1 nitrogen and oxygen atoms in total. The summed E-state index contributed by atoms with van der Waals surface area (Å²) in [4.78, 5) is 3.66. The summed E-state index contributed by atoms with van der Waals surface area (Å²) in [5.74, 6) is 2.60. The molecule has 0 N–H and O–H groups in total. The minimum Gasteiger partial charge on any atom is -0.200 e. The Bertz CT molecular complexity index is 140. The number of aliphatic imine (C=N–C) groups is 1. The van der Waals surface area contributed by atoms with Gasteiger partial charge in [0, 0.05) is 6.08 Å². The van der Waals surface area contributed by atoms with E-state index in [1.54, 1.807) is 12.2 Å². The van der Waals surface area contributed by atoms with E-state index in [4.69, 9.17) is 0 Å². The number of rotatable bonds is 0. The maximum Gasteiger partial charge on any atom is 0.104 e. The SMILES string of the molecule is SC1=CC=C=N1. The molecule has 0 spiro atoms. The van der Waals surface area contributed by atoms with Crippen LogP contribution in [0, 0.1) is 0 Å². The number of hydrogen-bond donors (Lipinski definition) is 1. The molecule has 0 saturated heterocycles. The van der Waals surface area contributed by atoms with Crippen molar-refractivity contribution in [3.05, 3.63) is 17.2 Å². The van der Waals surface area contributed by atoms with Crippen molar-refractivity contribution in [1.29, 1.82) is 0 Å². The maximum absolute atomic E-state index is 3.89. The van der Waals surface area contributed by atoms with E-state index in [2.05, 4.69) is 23.5 Å². The Morgan fingerprint density at radius 2 is 2.67 bits per heavy atom. The first-order chi connectivity index (χ1) is 2.89. The highest BCUT2D eigenvalue weighted by atomic mass is 32.1. The first-order valence-corrected chi connectivity index (χ1v) is 2.03. The topological polar surface area (TPSA) is 12.4 Å². The van der Waals surface area contributed by atoms with Crippen molar-refractivity contribution < 1.29 is 0 Å². The first-order valence-electron chi connectivity index (χ1n) is 1.58. The highest BCUT2D eigenvalue weighted by Gasteiger charge is 1.80. The molecule has 0 saturated carbocycles. The maximum atomic E-state index is 3.89. The Morgan fingerprint density at radius 1 is 1.83 bits per heavy atom. The lowest BCUT2D eigenvalue weighted by molar-refractivity contribution is 1.60. The van der Waals surface area contributed by atoms with Crippen LogP contribution in [0.5, 0.6) is 0 Å². The highest BCUT2D eigenvalue weighted by Crippen LogP contribution is 2.02. The second-order valence-electron chi connectivity index (χ2n) is 0.932. The fraction of sp³-hybridized carbons (Fsp3) is 0. The molecule has 0 atom stereocenters. The fourth-order valence-electron chi connectivity index (χ4n) is 0.252. The zero-order chi connectivity index (χ0) is 4.41. The minimum atomic E-state index is 0.731. The third-order valence-electron chi connectivity index (χ3n) is 0.486. The Morgan fingerprint density at radius 3 is 2.83 bits per heavy atom. The molecular weight excluding hydrogens is 94.1 g/mol. The molecule has 0 bridgehead atoms. The molecule has 6 heavy (non-hydrogen) atoms. The van der Waals surface area contributed by atoms with Crippen molar-refractivity contribution in [2.75, 3.05) is 0 Å². The molecule has 0 aromatic heterocycles. The molecule has 0 amide bonds. The summed E-state index contributed by atoms with van der Waals surface area (Å²) >= 11 is 3.89. The van der Waals surface area contributed by atoms with Gasteiger partial charge in [0.25, 0.3) is 0 Å². The van der Waals surface area contributed by atoms with E-state index in [0.29, 0.717) is 0 Å². The second kappa shape index (κ2) is 1.33. The van der Waals surface area contributed by atoms with E-state index < -0.39 is 0 Å². The van der Waals surface area contributed by atoms with Gasteiger partial charge in [-0.05, 0) is 11.9 Å². The summed E-state index contributed by atoms with van der Waals surface area (Å²) in [5.41, 5.74) is 0. The van der Waals surface area contributed by atoms with Crippen molar-refractivity contribution in [2.24, 2.45) is 4.99 Å². The molecule has 1 aliphatic heterocycles. The van der Waals surface area contributed by atoms with Crippen LogP contribution in [-0.4, -0.2) is 5.87 Å². The lowest BCUT2D eigenvalue weighted by atomic mass is 10.6. The molecule has 1 rings (SSSR count). The molecule has 30 valence electrons. The van der Waals surface area contributed by atoms with Gasteiger partial charge in [0.15, 0.2) is 0 Å². The molecule has 0 unspecified atom stereocenters. The van der Waals surface area contributed by atoms with Gasteiger partial charge in [0.2, 0.25) is 0 Å². The largest absolute Gasteiger partial charge is 0.200 e. The van der Waals surface area contributed by atoms with E-state index >= 15 is 0 Å². The van der Waals surface area contributed by atoms with Crippen LogP contribution in [-0.2, 0) is 0 Å². The van der Waals surface area contributed by atoms with Crippen molar-refractivity contribution in [3.63, 3.8) is 0 Å². The summed E-state index contributed by atoms with van der Waals surface area (Å²) < 4.78 is 0. The highest BCUT2D eigenvalue weighted by molar-refractivity contribution is 7.84. The Labute approximate surface area is 41.5 Å². The monoisotopic (exact) mass is 97.0 g/mol. The van der Waals surface area contributed by atoms with Crippen molar-refractivity contribution in [2.45, 2.75) is 0 Å². The van der Waals surface area contributed by atoms with Gasteiger partial charge < -0.3 is 0 Å². The third-order valence-corrected chi connectivity index (χ3v) is 0.735. The van der Waals surface area contributed by atoms with Crippen molar-refractivity contribution in [3.8, 4) is 0 Å². The van der Waals surface area contributed by atoms with Gasteiger partial charge in [-0.15, -0.1) is 12.6 Å². The predicted molar refractivity (Wildman–Crippen MR) is 29.1 cm³/mol. The second-order valence-corrected chi connectivity index (χ2v) is 1.39. The van der Waals surface area contributed by atoms with Gasteiger partial charge >= 0.3 is 0 Å². The molecule has 0 aromatic rings. The average Bonchev–Trinajstić information content (AvgIpc) is 1.86. The molecule has 0 aromatic carbocycles. The summed E-state index contributed by atoms with van der Waals surface area (Å²) in [5, 5.41) is 0.731. The molecule has 1 aliphatic rings. The van der Waals surface area contributed by atoms with E-state index in [9.17, 15) is 0 Å². The molecule has 0 radical (unpaired) electrons. The number of nitrogens with zero attached hydrogens (tertiary/aromatic N) is 1. The van der Waals surface area contributed by atoms with E-state index in [0.717, 1.165) is 5.03 Å². The average molecular weight is 97.1 g/mol. The van der Waals surface area contributed by atoms with Crippen LogP contribution in [0.4, 0.5) is 0 Å². The van der Waals surface area contributed by atoms with Crippen LogP contribution in [0.25, 0.3) is 0 Å². The quantitative estimate of drug-likeness (QED) is 0.433. The Balaban J connectivity index is 2.88. The van der Waals surface area contributed by atoms with Gasteiger partial charge in [-0.2, -0.15) is 4.99 Å². The summed E-state index contributed by atoms with van der Waals surface area (Å²) in [6, 6.07) is 0. The summed E-state index contributed by atoms with van der Waals surface area (Å²) in [6.45, 7) is 0. The standard InChI is InChI=1S/C4H3NS/c6-4-2-1-3-5-4/h1-2,6H. The summed E-state index contributed by atoms with van der Waals surface area (Å²) in [7, 11) is 0. The molecular formula is C4H3NS. The van der Waals surface area contributed by atoms with Gasteiger partial charge in [-0.3, -0.25) is 0 Å². The van der Waals surface area contributed by atoms with Crippen LogP contribution in [0.2, 0.25) is 0 Å². The van der Waals surface area contributed by atoms with Crippen LogP contribution in [0.1, 0.15) is 0 Å². The number of hydrogen-bond acceptors (Lipinski definition) is 2. The smallest absolute Gasteiger partial charge is 0.104 e. The summed E-state index contributed by atoms with van der Waals surface area (Å²) in [6.07, 6.45) is 3.51. The fourth-order valence-corrected chi connectivity index (χ4v) is 0.385. The van der Waals surface area contributed by atoms with Gasteiger partial charge in [0.05, 0.1) is 0 Å². The van der Waals surface area contributed by atoms with E-state index in [1.165, 1.54) is 0 Å². The molecule has 0 aliphatic carbocycles. The molecule has 0 fully saturated rings. The van der Waals surface area contributed by atoms with Gasteiger partial charge in [-0.25, -0.2) is 0 Å². The van der Waals surface area contributed by atoms with E-state index in [-0.39, 0.29) is 0 Å². The Hall–Kier alpha value is -0.460. The zero-order valence-corrected chi connectivity index (χ0v) is 3.94. The van der Waals surface area contributed by atoms with Gasteiger partial charge in [0.1, 0.15) is 5.03 Å². The lowest BCUT2D eigenvalue weighted by Crippen LogP contribution is -1.46. The zero-order valence-electron chi connectivity index (χ0n) is 3.05. The van der Waals surface area contributed by atoms with E-state index in [1.807, 2.05) is 0 Å². The van der Waals surface area contributed by atoms with Crippen LogP contribution in [0.15, 0.2) is 22.2 Å². The lowest BCUT2D eigenvalue weighted by Gasteiger charge is -1.70. The van der Waals surface area contributed by atoms with Crippen molar-refractivity contribution >= 4 is 18.5 Å². The van der Waals surface area contributed by atoms with Gasteiger partial charge in [-0.1, -0.05) is 0 Å². The van der Waals surface area contributed by atoms with Crippen LogP contribution >= 0.6 is 12.6 Å². The molecule has 1 heterocycles.